The zero-order valence-corrected chi connectivity index (χ0v) is 8.00. The van der Waals surface area contributed by atoms with Gasteiger partial charge < -0.3 is 9.53 Å². The van der Waals surface area contributed by atoms with Gasteiger partial charge in [0.1, 0.15) is 6.29 Å². The van der Waals surface area contributed by atoms with Crippen LogP contribution in [0.1, 0.15) is 26.2 Å². The fraction of sp³-hybridized carbons (Fsp3) is 0.600. The lowest BCUT2D eigenvalue weighted by Crippen LogP contribution is -2.22. The Morgan fingerprint density at radius 1 is 1.69 bits per heavy atom. The Morgan fingerprint density at radius 2 is 2.38 bits per heavy atom. The summed E-state index contributed by atoms with van der Waals surface area (Å²) in [5.41, 5.74) is 0.158. The Balaban J connectivity index is 2.86. The number of esters is 1. The van der Waals surface area contributed by atoms with Crippen molar-refractivity contribution in [3.63, 3.8) is 0 Å². The molecule has 0 N–H and O–H groups in total. The zero-order chi connectivity index (χ0) is 9.90. The third-order valence-corrected chi connectivity index (χ3v) is 2.38. The molecule has 0 aromatic carbocycles. The van der Waals surface area contributed by atoms with Crippen molar-refractivity contribution in [2.75, 3.05) is 7.11 Å². The average molecular weight is 182 g/mol. The van der Waals surface area contributed by atoms with Crippen LogP contribution in [0.25, 0.3) is 0 Å². The highest BCUT2D eigenvalue weighted by Gasteiger charge is 2.27. The maximum atomic E-state index is 11.2. The molecule has 3 heteroatoms. The van der Waals surface area contributed by atoms with Crippen molar-refractivity contribution in [2.45, 2.75) is 26.2 Å². The molecule has 1 aliphatic carbocycles. The number of aldehydes is 1. The number of carbonyl (C=O) groups is 2. The van der Waals surface area contributed by atoms with Gasteiger partial charge in [0.25, 0.3) is 0 Å². The van der Waals surface area contributed by atoms with E-state index in [1.165, 1.54) is 7.11 Å². The topological polar surface area (TPSA) is 43.4 Å². The molecule has 13 heavy (non-hydrogen) atoms. The molecule has 1 rings (SSSR count). The Bertz CT molecular complexity index is 255. The van der Waals surface area contributed by atoms with Crippen LogP contribution in [-0.2, 0) is 14.3 Å². The highest BCUT2D eigenvalue weighted by molar-refractivity contribution is 5.89. The van der Waals surface area contributed by atoms with Gasteiger partial charge in [0, 0.05) is 11.0 Å². The van der Waals surface area contributed by atoms with Crippen molar-refractivity contribution in [3.8, 4) is 0 Å². The van der Waals surface area contributed by atoms with Gasteiger partial charge in [0.05, 0.1) is 7.11 Å². The minimum atomic E-state index is -0.470. The third kappa shape index (κ3) is 2.17. The summed E-state index contributed by atoms with van der Waals surface area (Å²) in [5.74, 6) is -0.312. The van der Waals surface area contributed by atoms with Gasteiger partial charge in [0.2, 0.25) is 0 Å². The van der Waals surface area contributed by atoms with Crippen LogP contribution in [0.2, 0.25) is 0 Å². The van der Waals surface area contributed by atoms with Crippen molar-refractivity contribution in [2.24, 2.45) is 5.41 Å². The molecule has 72 valence electrons. The first-order valence-corrected chi connectivity index (χ1v) is 4.38. The maximum absolute atomic E-state index is 11.2. The maximum Gasteiger partial charge on any atom is 0.333 e. The molecule has 1 aliphatic rings. The molecular weight excluding hydrogens is 168 g/mol. The van der Waals surface area contributed by atoms with E-state index in [2.05, 4.69) is 4.74 Å². The van der Waals surface area contributed by atoms with Crippen LogP contribution in [0, 0.1) is 5.41 Å². The lowest BCUT2D eigenvalue weighted by Gasteiger charge is -2.24. The number of methoxy groups -OCH3 is 1. The second-order valence-corrected chi connectivity index (χ2v) is 3.64. The Morgan fingerprint density at radius 3 is 2.92 bits per heavy atom. The van der Waals surface area contributed by atoms with Crippen molar-refractivity contribution in [1.82, 2.24) is 0 Å². The summed E-state index contributed by atoms with van der Waals surface area (Å²) in [6.45, 7) is 1.84. The predicted molar refractivity (Wildman–Crippen MR) is 48.1 cm³/mol. The van der Waals surface area contributed by atoms with E-state index in [-0.39, 0.29) is 5.97 Å². The van der Waals surface area contributed by atoms with Gasteiger partial charge >= 0.3 is 5.97 Å². The molecule has 0 radical (unpaired) electrons. The van der Waals surface area contributed by atoms with Crippen LogP contribution in [-0.4, -0.2) is 19.4 Å². The van der Waals surface area contributed by atoms with Gasteiger partial charge in [-0.05, 0) is 26.2 Å². The Hall–Kier alpha value is -1.12. The fourth-order valence-corrected chi connectivity index (χ4v) is 1.59. The molecule has 1 unspecified atom stereocenters. The van der Waals surface area contributed by atoms with Crippen molar-refractivity contribution < 1.29 is 14.3 Å². The number of ether oxygens (including phenoxy) is 1. The van der Waals surface area contributed by atoms with Crippen LogP contribution in [0.3, 0.4) is 0 Å². The molecule has 0 aliphatic heterocycles. The van der Waals surface area contributed by atoms with E-state index in [1.54, 1.807) is 6.08 Å². The minimum Gasteiger partial charge on any atom is -0.466 e. The molecule has 0 amide bonds. The summed E-state index contributed by atoms with van der Waals surface area (Å²) in [7, 11) is 1.36. The van der Waals surface area contributed by atoms with Gasteiger partial charge in [-0.2, -0.15) is 0 Å². The van der Waals surface area contributed by atoms with Crippen molar-refractivity contribution >= 4 is 12.3 Å². The van der Waals surface area contributed by atoms with E-state index >= 15 is 0 Å². The molecule has 1 atom stereocenters. The number of carbonyl (C=O) groups excluding carboxylic acids is 2. The number of hydrogen-bond acceptors (Lipinski definition) is 3. The number of allylic oxidation sites excluding steroid dienone is 1. The monoisotopic (exact) mass is 182 g/mol. The minimum absolute atomic E-state index is 0.312. The van der Waals surface area contributed by atoms with Crippen molar-refractivity contribution in [3.05, 3.63) is 11.6 Å². The van der Waals surface area contributed by atoms with E-state index < -0.39 is 5.41 Å². The Kier molecular flexibility index (Phi) is 2.86. The lowest BCUT2D eigenvalue weighted by molar-refractivity contribution is -0.136. The van der Waals surface area contributed by atoms with Gasteiger partial charge in [0.15, 0.2) is 0 Å². The quantitative estimate of drug-likeness (QED) is 0.480. The van der Waals surface area contributed by atoms with Crippen LogP contribution in [0.15, 0.2) is 11.6 Å². The normalized spacial score (nSPS) is 27.7. The van der Waals surface area contributed by atoms with E-state index in [0.717, 1.165) is 25.5 Å². The molecule has 0 saturated carbocycles. The molecule has 0 aromatic heterocycles. The largest absolute Gasteiger partial charge is 0.466 e. The third-order valence-electron chi connectivity index (χ3n) is 2.38. The van der Waals surface area contributed by atoms with Gasteiger partial charge in [-0.1, -0.05) is 6.08 Å². The van der Waals surface area contributed by atoms with Crippen LogP contribution in [0.4, 0.5) is 0 Å². The summed E-state index contributed by atoms with van der Waals surface area (Å²) in [6, 6.07) is 0. The first-order chi connectivity index (χ1) is 6.11. The molecule has 0 spiro atoms. The first-order valence-electron chi connectivity index (χ1n) is 4.38. The van der Waals surface area contributed by atoms with Gasteiger partial charge in [-0.15, -0.1) is 0 Å². The zero-order valence-electron chi connectivity index (χ0n) is 8.00. The standard InChI is InChI=1S/C10H14O3/c1-10(7-11)5-3-4-8(6-10)9(12)13-2/h6-7H,3-5H2,1-2H3. The SMILES string of the molecule is COC(=O)C1=CC(C)(C=O)CCC1. The van der Waals surface area contributed by atoms with E-state index in [4.69, 9.17) is 0 Å². The molecule has 3 nitrogen and oxygen atoms in total. The molecule has 0 saturated heterocycles. The van der Waals surface area contributed by atoms with Gasteiger partial charge in [-0.25, -0.2) is 4.79 Å². The molecule has 0 heterocycles. The molecule has 0 fully saturated rings. The predicted octanol–water partition coefficient (Wildman–Crippen LogP) is 1.47. The highest BCUT2D eigenvalue weighted by Crippen LogP contribution is 2.32. The van der Waals surface area contributed by atoms with E-state index in [1.807, 2.05) is 6.92 Å². The second kappa shape index (κ2) is 3.73. The molecular formula is C10H14O3. The fourth-order valence-electron chi connectivity index (χ4n) is 1.59. The number of hydrogen-bond donors (Lipinski definition) is 0. The van der Waals surface area contributed by atoms with Crippen LogP contribution in [0.5, 0.6) is 0 Å². The van der Waals surface area contributed by atoms with Crippen molar-refractivity contribution in [1.29, 1.82) is 0 Å². The Labute approximate surface area is 77.8 Å². The molecule has 0 aromatic rings. The number of rotatable bonds is 2. The average Bonchev–Trinajstić information content (AvgIpc) is 2.17. The molecule has 0 bridgehead atoms. The summed E-state index contributed by atoms with van der Waals surface area (Å²) >= 11 is 0. The summed E-state index contributed by atoms with van der Waals surface area (Å²) in [5, 5.41) is 0. The van der Waals surface area contributed by atoms with E-state index in [9.17, 15) is 9.59 Å². The summed E-state index contributed by atoms with van der Waals surface area (Å²) in [6.07, 6.45) is 5.04. The highest BCUT2D eigenvalue weighted by atomic mass is 16.5. The van der Waals surface area contributed by atoms with Crippen LogP contribution >= 0.6 is 0 Å². The first kappa shape index (κ1) is 9.96. The summed E-state index contributed by atoms with van der Waals surface area (Å²) < 4.78 is 4.60. The summed E-state index contributed by atoms with van der Waals surface area (Å²) in [4.78, 5) is 21.9. The van der Waals surface area contributed by atoms with E-state index in [0.29, 0.717) is 5.57 Å². The van der Waals surface area contributed by atoms with Crippen LogP contribution < -0.4 is 0 Å². The smallest absolute Gasteiger partial charge is 0.333 e. The lowest BCUT2D eigenvalue weighted by atomic mass is 9.79. The second-order valence-electron chi connectivity index (χ2n) is 3.64. The van der Waals surface area contributed by atoms with Gasteiger partial charge in [-0.3, -0.25) is 0 Å².